The van der Waals surface area contributed by atoms with E-state index in [1.54, 1.807) is 12.2 Å². The summed E-state index contributed by atoms with van der Waals surface area (Å²) >= 11 is 0. The molecule has 2 heterocycles. The highest BCUT2D eigenvalue weighted by Gasteiger charge is 2.51. The number of anilines is 1. The molecule has 0 saturated carbocycles. The number of carbonyl (C=O) groups is 1. The third kappa shape index (κ3) is 1.07. The predicted octanol–water partition coefficient (Wildman–Crippen LogP) is 1.10. The van der Waals surface area contributed by atoms with Gasteiger partial charge in [0.2, 0.25) is 0 Å². The Morgan fingerprint density at radius 2 is 2.11 bits per heavy atom. The van der Waals surface area contributed by atoms with Crippen LogP contribution in [0.15, 0.2) is 57.7 Å². The van der Waals surface area contributed by atoms with Crippen LogP contribution in [0, 0.1) is 0 Å². The van der Waals surface area contributed by atoms with E-state index in [0.29, 0.717) is 11.3 Å². The van der Waals surface area contributed by atoms with Gasteiger partial charge in [-0.25, -0.2) is 9.98 Å². The highest BCUT2D eigenvalue weighted by molar-refractivity contribution is 6.18. The van der Waals surface area contributed by atoms with Crippen LogP contribution in [0.25, 0.3) is 0 Å². The standard InChI is InChI=1S/C14H10N4O/c15-13(19)8-5-6-11-14(17-7-16-11)9-3-1-2-4-10(9)18-12(8)14/h1-7,18H,(H2,15,19). The first-order chi connectivity index (χ1) is 9.23. The Bertz CT molecular complexity index is 742. The molecule has 1 amide bonds. The number of primary amides is 1. The van der Waals surface area contributed by atoms with Gasteiger partial charge >= 0.3 is 0 Å². The zero-order valence-electron chi connectivity index (χ0n) is 9.92. The van der Waals surface area contributed by atoms with Crippen molar-refractivity contribution in [3.63, 3.8) is 0 Å². The van der Waals surface area contributed by atoms with E-state index in [2.05, 4.69) is 15.3 Å². The van der Waals surface area contributed by atoms with Gasteiger partial charge in [0.1, 0.15) is 6.34 Å². The van der Waals surface area contributed by atoms with Gasteiger partial charge in [0.15, 0.2) is 5.54 Å². The van der Waals surface area contributed by atoms with Crippen molar-refractivity contribution in [2.45, 2.75) is 5.54 Å². The number of hydrogen-bond acceptors (Lipinski definition) is 4. The van der Waals surface area contributed by atoms with Crippen molar-refractivity contribution in [3.05, 3.63) is 53.3 Å². The summed E-state index contributed by atoms with van der Waals surface area (Å²) in [4.78, 5) is 20.4. The quantitative estimate of drug-likeness (QED) is 0.782. The highest BCUT2D eigenvalue weighted by Crippen LogP contribution is 2.50. The van der Waals surface area contributed by atoms with Crippen molar-refractivity contribution in [2.75, 3.05) is 5.32 Å². The molecule has 0 aromatic heterocycles. The molecule has 3 N–H and O–H groups in total. The maximum Gasteiger partial charge on any atom is 0.250 e. The molecule has 1 aromatic rings. The monoisotopic (exact) mass is 250 g/mol. The van der Waals surface area contributed by atoms with Crippen molar-refractivity contribution in [1.82, 2.24) is 0 Å². The molecule has 0 radical (unpaired) electrons. The van der Waals surface area contributed by atoms with Crippen molar-refractivity contribution in [1.29, 1.82) is 0 Å². The average molecular weight is 250 g/mol. The van der Waals surface area contributed by atoms with Crippen LogP contribution >= 0.6 is 0 Å². The summed E-state index contributed by atoms with van der Waals surface area (Å²) < 4.78 is 0. The Hall–Kier alpha value is -2.69. The second-order valence-corrected chi connectivity index (χ2v) is 4.63. The molecule has 1 aliphatic carbocycles. The van der Waals surface area contributed by atoms with E-state index in [1.165, 1.54) is 6.34 Å². The molecule has 1 spiro atoms. The fourth-order valence-electron chi connectivity index (χ4n) is 2.88. The van der Waals surface area contributed by atoms with Gasteiger partial charge < -0.3 is 11.1 Å². The Labute approximate surface area is 109 Å². The lowest BCUT2D eigenvalue weighted by atomic mass is 9.80. The van der Waals surface area contributed by atoms with E-state index in [-0.39, 0.29) is 0 Å². The molecular weight excluding hydrogens is 240 g/mol. The van der Waals surface area contributed by atoms with Crippen molar-refractivity contribution >= 4 is 23.6 Å². The van der Waals surface area contributed by atoms with Gasteiger partial charge in [-0.1, -0.05) is 18.2 Å². The number of fused-ring (bicyclic) bond motifs is 1. The molecule has 92 valence electrons. The van der Waals surface area contributed by atoms with Gasteiger partial charge in [0.25, 0.3) is 5.91 Å². The summed E-state index contributed by atoms with van der Waals surface area (Å²) in [5.74, 6) is -0.466. The molecule has 0 saturated heterocycles. The molecule has 5 nitrogen and oxygen atoms in total. The van der Waals surface area contributed by atoms with Crippen LogP contribution in [-0.4, -0.2) is 18.0 Å². The first-order valence-electron chi connectivity index (χ1n) is 5.94. The summed E-state index contributed by atoms with van der Waals surface area (Å²) in [5.41, 5.74) is 8.65. The number of para-hydroxylation sites is 1. The summed E-state index contributed by atoms with van der Waals surface area (Å²) in [7, 11) is 0. The highest BCUT2D eigenvalue weighted by atomic mass is 16.1. The van der Waals surface area contributed by atoms with Crippen LogP contribution < -0.4 is 11.1 Å². The maximum atomic E-state index is 11.6. The number of aliphatic imine (C=N–C) groups is 2. The minimum absolute atomic E-state index is 0.453. The fraction of sp³-hybridized carbons (Fsp3) is 0.0714. The van der Waals surface area contributed by atoms with Crippen LogP contribution in [0.4, 0.5) is 5.69 Å². The zero-order valence-corrected chi connectivity index (χ0v) is 9.92. The largest absolute Gasteiger partial charge is 0.366 e. The lowest BCUT2D eigenvalue weighted by Gasteiger charge is -2.27. The molecule has 19 heavy (non-hydrogen) atoms. The second kappa shape index (κ2) is 3.20. The molecule has 5 heteroatoms. The van der Waals surface area contributed by atoms with E-state index >= 15 is 0 Å². The first kappa shape index (κ1) is 10.3. The van der Waals surface area contributed by atoms with E-state index in [1.807, 2.05) is 24.3 Å². The third-order valence-electron chi connectivity index (χ3n) is 3.70. The Balaban J connectivity index is 2.09. The molecule has 1 atom stereocenters. The van der Waals surface area contributed by atoms with Crippen LogP contribution in [-0.2, 0) is 10.3 Å². The van der Waals surface area contributed by atoms with Gasteiger partial charge in [0, 0.05) is 11.3 Å². The summed E-state index contributed by atoms with van der Waals surface area (Å²) in [6, 6.07) is 7.84. The number of nitrogens with zero attached hydrogens (tertiary/aromatic N) is 2. The number of rotatable bonds is 1. The van der Waals surface area contributed by atoms with Crippen LogP contribution in [0.1, 0.15) is 5.56 Å². The minimum Gasteiger partial charge on any atom is -0.366 e. The molecular formula is C14H10N4O. The number of amides is 1. The van der Waals surface area contributed by atoms with Crippen molar-refractivity contribution in [3.8, 4) is 0 Å². The molecule has 3 aliphatic rings. The Morgan fingerprint density at radius 1 is 1.26 bits per heavy atom. The summed E-state index contributed by atoms with van der Waals surface area (Å²) in [6.07, 6.45) is 5.04. The summed E-state index contributed by atoms with van der Waals surface area (Å²) in [5, 5.41) is 3.26. The van der Waals surface area contributed by atoms with E-state index in [9.17, 15) is 4.79 Å². The lowest BCUT2D eigenvalue weighted by molar-refractivity contribution is -0.114. The number of hydrogen-bond donors (Lipinski definition) is 2. The van der Waals surface area contributed by atoms with Crippen LogP contribution in [0.3, 0.4) is 0 Å². The van der Waals surface area contributed by atoms with Crippen molar-refractivity contribution in [2.24, 2.45) is 15.7 Å². The van der Waals surface area contributed by atoms with Gasteiger partial charge in [0.05, 0.1) is 17.0 Å². The van der Waals surface area contributed by atoms with Gasteiger partial charge in [-0.2, -0.15) is 0 Å². The van der Waals surface area contributed by atoms with Crippen LogP contribution in [0.5, 0.6) is 0 Å². The molecule has 4 rings (SSSR count). The lowest BCUT2D eigenvalue weighted by Crippen LogP contribution is -2.36. The number of nitrogens with one attached hydrogen (secondary N) is 1. The topological polar surface area (TPSA) is 79.8 Å². The SMILES string of the molecule is NC(=O)C1=C2Nc3ccccc3C23N=CN=C3C=C1. The normalized spacial score (nSPS) is 25.6. The second-order valence-electron chi connectivity index (χ2n) is 4.63. The smallest absolute Gasteiger partial charge is 0.250 e. The molecule has 1 unspecified atom stereocenters. The van der Waals surface area contributed by atoms with Gasteiger partial charge in [-0.15, -0.1) is 0 Å². The average Bonchev–Trinajstić information content (AvgIpc) is 2.97. The van der Waals surface area contributed by atoms with Gasteiger partial charge in [-0.05, 0) is 18.2 Å². The number of nitrogens with two attached hydrogens (primary N) is 1. The maximum absolute atomic E-state index is 11.6. The molecule has 0 fully saturated rings. The fourth-order valence-corrected chi connectivity index (χ4v) is 2.88. The Kier molecular flexibility index (Phi) is 1.73. The van der Waals surface area contributed by atoms with E-state index in [0.717, 1.165) is 17.0 Å². The molecule has 0 bridgehead atoms. The predicted molar refractivity (Wildman–Crippen MR) is 73.0 cm³/mol. The van der Waals surface area contributed by atoms with E-state index < -0.39 is 11.4 Å². The number of benzene rings is 1. The first-order valence-corrected chi connectivity index (χ1v) is 5.94. The number of carbonyl (C=O) groups excluding carboxylic acids is 1. The van der Waals surface area contributed by atoms with Crippen molar-refractivity contribution < 1.29 is 4.79 Å². The zero-order chi connectivity index (χ0) is 13.0. The van der Waals surface area contributed by atoms with Crippen LogP contribution in [0.2, 0.25) is 0 Å². The Morgan fingerprint density at radius 3 is 2.95 bits per heavy atom. The van der Waals surface area contributed by atoms with Gasteiger partial charge in [-0.3, -0.25) is 4.79 Å². The minimum atomic E-state index is -0.713. The molecule has 2 aliphatic heterocycles. The summed E-state index contributed by atoms with van der Waals surface area (Å²) in [6.45, 7) is 0. The van der Waals surface area contributed by atoms with E-state index in [4.69, 9.17) is 5.73 Å². The molecule has 1 aromatic carbocycles. The third-order valence-corrected chi connectivity index (χ3v) is 3.70.